The van der Waals surface area contributed by atoms with Crippen LogP contribution < -0.4 is 16.8 Å². The molecular formula is C9H15N5O5. The molecule has 0 spiro atoms. The van der Waals surface area contributed by atoms with Crippen molar-refractivity contribution >= 4 is 17.9 Å². The van der Waals surface area contributed by atoms with Crippen molar-refractivity contribution in [1.82, 2.24) is 10.2 Å². The number of nitrogens with zero attached hydrogens (tertiary/aromatic N) is 2. The molecule has 2 rings (SSSR count). The molecule has 4 atom stereocenters. The number of hydrogen-bond acceptors (Lipinski definition) is 6. The maximum Gasteiger partial charge on any atom is 0.328 e. The highest BCUT2D eigenvalue weighted by Crippen LogP contribution is 2.27. The molecule has 2 aliphatic rings. The van der Waals surface area contributed by atoms with Crippen LogP contribution >= 0.6 is 0 Å². The molecule has 10 heteroatoms. The van der Waals surface area contributed by atoms with Gasteiger partial charge in [-0.1, -0.05) is 0 Å². The van der Waals surface area contributed by atoms with Crippen LogP contribution in [-0.2, 0) is 9.53 Å². The second-order valence-corrected chi connectivity index (χ2v) is 4.24. The average molecular weight is 273 g/mol. The molecular weight excluding hydrogens is 258 g/mol. The standard InChI is InChI=1S/C9H15N5O5/c10-8(11)12-6-7(17)13-9(18)14(6)5-1-3(16)4(2-15)19-5/h3-6,15-16H,1-2H2,(H4,10,11,12)(H,13,17,18)/t3-,4+,5+,6?/m0/s1. The maximum absolute atomic E-state index is 11.7. The molecule has 1 unspecified atom stereocenters. The van der Waals surface area contributed by atoms with Gasteiger partial charge < -0.3 is 26.4 Å². The van der Waals surface area contributed by atoms with E-state index in [1.165, 1.54) is 0 Å². The van der Waals surface area contributed by atoms with E-state index < -0.39 is 43.1 Å². The zero-order chi connectivity index (χ0) is 14.2. The van der Waals surface area contributed by atoms with E-state index in [4.69, 9.17) is 21.3 Å². The third-order valence-electron chi connectivity index (χ3n) is 2.93. The molecule has 10 nitrogen and oxygen atoms in total. The van der Waals surface area contributed by atoms with Crippen molar-refractivity contribution in [1.29, 1.82) is 0 Å². The molecule has 2 aliphatic heterocycles. The number of nitrogens with two attached hydrogens (primary N) is 2. The lowest BCUT2D eigenvalue weighted by Crippen LogP contribution is -2.44. The highest BCUT2D eigenvalue weighted by Gasteiger charge is 2.47. The number of aliphatic hydroxyl groups is 2. The molecule has 2 saturated heterocycles. The number of imide groups is 1. The van der Waals surface area contributed by atoms with E-state index >= 15 is 0 Å². The van der Waals surface area contributed by atoms with Crippen LogP contribution in [0.15, 0.2) is 4.99 Å². The predicted molar refractivity (Wildman–Crippen MR) is 61.3 cm³/mol. The fourth-order valence-electron chi connectivity index (χ4n) is 2.07. The minimum Gasteiger partial charge on any atom is -0.394 e. The average Bonchev–Trinajstić information content (AvgIpc) is 2.80. The number of urea groups is 1. The summed E-state index contributed by atoms with van der Waals surface area (Å²) < 4.78 is 5.30. The van der Waals surface area contributed by atoms with E-state index in [-0.39, 0.29) is 12.4 Å². The molecule has 0 radical (unpaired) electrons. The highest BCUT2D eigenvalue weighted by molar-refractivity contribution is 6.04. The van der Waals surface area contributed by atoms with Gasteiger partial charge >= 0.3 is 6.03 Å². The smallest absolute Gasteiger partial charge is 0.328 e. The summed E-state index contributed by atoms with van der Waals surface area (Å²) in [7, 11) is 0. The van der Waals surface area contributed by atoms with Crippen LogP contribution in [0.1, 0.15) is 6.42 Å². The monoisotopic (exact) mass is 273 g/mol. The van der Waals surface area contributed by atoms with Gasteiger partial charge in [0.25, 0.3) is 5.91 Å². The van der Waals surface area contributed by atoms with E-state index in [0.717, 1.165) is 4.90 Å². The van der Waals surface area contributed by atoms with E-state index in [2.05, 4.69) is 10.3 Å². The summed E-state index contributed by atoms with van der Waals surface area (Å²) >= 11 is 0. The molecule has 0 saturated carbocycles. The van der Waals surface area contributed by atoms with Gasteiger partial charge in [0, 0.05) is 6.42 Å². The number of ether oxygens (including phenoxy) is 1. The molecule has 2 heterocycles. The first kappa shape index (κ1) is 13.5. The maximum atomic E-state index is 11.7. The van der Waals surface area contributed by atoms with Gasteiger partial charge in [-0.25, -0.2) is 9.79 Å². The summed E-state index contributed by atoms with van der Waals surface area (Å²) in [6.07, 6.45) is -3.80. The first-order valence-corrected chi connectivity index (χ1v) is 5.60. The van der Waals surface area contributed by atoms with E-state index in [1.54, 1.807) is 0 Å². The number of aliphatic imine (C=N–C) groups is 1. The van der Waals surface area contributed by atoms with Crippen molar-refractivity contribution in [2.75, 3.05) is 6.61 Å². The molecule has 0 aromatic rings. The van der Waals surface area contributed by atoms with Crippen LogP contribution in [0.5, 0.6) is 0 Å². The summed E-state index contributed by atoms with van der Waals surface area (Å²) in [4.78, 5) is 27.9. The van der Waals surface area contributed by atoms with Gasteiger partial charge in [-0.15, -0.1) is 0 Å². The minimum absolute atomic E-state index is 0.0580. The van der Waals surface area contributed by atoms with Crippen LogP contribution in [0.4, 0.5) is 4.79 Å². The quantitative estimate of drug-likeness (QED) is 0.203. The number of hydrogen-bond donors (Lipinski definition) is 5. The van der Waals surface area contributed by atoms with Gasteiger partial charge in [0.05, 0.1) is 12.7 Å². The number of carbonyl (C=O) groups excluding carboxylic acids is 2. The van der Waals surface area contributed by atoms with Crippen LogP contribution in [0.2, 0.25) is 0 Å². The van der Waals surface area contributed by atoms with Crippen LogP contribution in [-0.4, -0.2) is 64.2 Å². The number of aliphatic hydroxyl groups excluding tert-OH is 2. The van der Waals surface area contributed by atoms with Crippen molar-refractivity contribution in [2.45, 2.75) is 31.0 Å². The summed E-state index contributed by atoms with van der Waals surface area (Å²) in [5, 5.41) is 20.7. The van der Waals surface area contributed by atoms with Gasteiger partial charge in [0.15, 0.2) is 5.96 Å². The Morgan fingerprint density at radius 3 is 2.74 bits per heavy atom. The zero-order valence-corrected chi connectivity index (χ0v) is 9.89. The summed E-state index contributed by atoms with van der Waals surface area (Å²) in [5.74, 6) is -1.03. The van der Waals surface area contributed by atoms with Crippen molar-refractivity contribution in [3.8, 4) is 0 Å². The Morgan fingerprint density at radius 2 is 2.21 bits per heavy atom. The predicted octanol–water partition coefficient (Wildman–Crippen LogP) is -3.39. The van der Waals surface area contributed by atoms with Crippen LogP contribution in [0, 0.1) is 0 Å². The Morgan fingerprint density at radius 1 is 1.53 bits per heavy atom. The number of guanidine groups is 1. The van der Waals surface area contributed by atoms with Gasteiger partial charge in [-0.3, -0.25) is 15.0 Å². The Balaban J connectivity index is 2.19. The third-order valence-corrected chi connectivity index (χ3v) is 2.93. The van der Waals surface area contributed by atoms with Gasteiger partial charge in [0.1, 0.15) is 12.3 Å². The number of amides is 3. The van der Waals surface area contributed by atoms with E-state index in [0.29, 0.717) is 0 Å². The molecule has 0 aliphatic carbocycles. The molecule has 0 bridgehead atoms. The Hall–Kier alpha value is -1.91. The second-order valence-electron chi connectivity index (χ2n) is 4.24. The SMILES string of the molecule is NC(N)=NC1C(=O)NC(=O)N1[C@H]1C[C@H](O)[C@@H](CO)O1. The first-order chi connectivity index (χ1) is 8.93. The molecule has 3 amide bonds. The summed E-state index contributed by atoms with van der Waals surface area (Å²) in [5.41, 5.74) is 10.4. The second kappa shape index (κ2) is 4.99. The lowest BCUT2D eigenvalue weighted by molar-refractivity contribution is -0.124. The zero-order valence-electron chi connectivity index (χ0n) is 9.89. The van der Waals surface area contributed by atoms with E-state index in [1.807, 2.05) is 0 Å². The Kier molecular flexibility index (Phi) is 3.55. The number of carbonyl (C=O) groups is 2. The Labute approximate surface area is 108 Å². The van der Waals surface area contributed by atoms with Crippen molar-refractivity contribution < 1.29 is 24.5 Å². The van der Waals surface area contributed by atoms with Gasteiger partial charge in [-0.05, 0) is 0 Å². The van der Waals surface area contributed by atoms with Crippen molar-refractivity contribution in [3.05, 3.63) is 0 Å². The lowest BCUT2D eigenvalue weighted by atomic mass is 10.2. The van der Waals surface area contributed by atoms with Gasteiger partial charge in [-0.2, -0.15) is 0 Å². The minimum atomic E-state index is -1.23. The fraction of sp³-hybridized carbons (Fsp3) is 0.667. The third kappa shape index (κ3) is 2.45. The largest absolute Gasteiger partial charge is 0.394 e. The van der Waals surface area contributed by atoms with Crippen molar-refractivity contribution in [2.24, 2.45) is 16.5 Å². The summed E-state index contributed by atoms with van der Waals surface area (Å²) in [6.45, 7) is -0.395. The van der Waals surface area contributed by atoms with Crippen molar-refractivity contribution in [3.63, 3.8) is 0 Å². The molecule has 19 heavy (non-hydrogen) atoms. The van der Waals surface area contributed by atoms with Crippen LogP contribution in [0.3, 0.4) is 0 Å². The Bertz CT molecular complexity index is 423. The van der Waals surface area contributed by atoms with Crippen LogP contribution in [0.25, 0.3) is 0 Å². The fourth-order valence-corrected chi connectivity index (χ4v) is 2.07. The molecule has 0 aromatic carbocycles. The lowest BCUT2D eigenvalue weighted by Gasteiger charge is -2.25. The molecule has 7 N–H and O–H groups in total. The normalized spacial score (nSPS) is 34.5. The molecule has 2 fully saturated rings. The number of nitrogens with one attached hydrogen (secondary N) is 1. The number of rotatable bonds is 3. The highest BCUT2D eigenvalue weighted by atomic mass is 16.5. The molecule has 0 aromatic heterocycles. The van der Waals surface area contributed by atoms with Gasteiger partial charge in [0.2, 0.25) is 6.17 Å². The summed E-state index contributed by atoms with van der Waals surface area (Å²) in [6, 6.07) is -0.712. The topological polar surface area (TPSA) is 163 Å². The molecule has 106 valence electrons. The van der Waals surface area contributed by atoms with E-state index in [9.17, 15) is 14.7 Å². The first-order valence-electron chi connectivity index (χ1n) is 5.60.